The number of aromatic nitrogens is 1. The van der Waals surface area contributed by atoms with E-state index in [2.05, 4.69) is 4.98 Å². The van der Waals surface area contributed by atoms with Crippen molar-refractivity contribution in [1.29, 1.82) is 0 Å². The van der Waals surface area contributed by atoms with Gasteiger partial charge in [0.1, 0.15) is 18.3 Å². The Bertz CT molecular complexity index is 501. The molecule has 0 spiro atoms. The van der Waals surface area contributed by atoms with Crippen molar-refractivity contribution in [3.63, 3.8) is 0 Å². The largest absolute Gasteiger partial charge is 0.394 e. The van der Waals surface area contributed by atoms with E-state index in [4.69, 9.17) is 18.9 Å². The molecule has 22 heavy (non-hydrogen) atoms. The molecule has 0 bridgehead atoms. The normalized spacial score (nSPS) is 26.3. The summed E-state index contributed by atoms with van der Waals surface area (Å²) in [7, 11) is 3.05. The molecule has 0 radical (unpaired) electrons. The van der Waals surface area contributed by atoms with Crippen LogP contribution in [-0.2, 0) is 24.7 Å². The van der Waals surface area contributed by atoms with E-state index in [0.29, 0.717) is 9.88 Å². The van der Waals surface area contributed by atoms with Crippen molar-refractivity contribution < 1.29 is 29.2 Å². The molecule has 1 aliphatic heterocycles. The Kier molecular flexibility index (Phi) is 5.23. The van der Waals surface area contributed by atoms with Crippen molar-refractivity contribution in [1.82, 2.24) is 4.98 Å². The van der Waals surface area contributed by atoms with Gasteiger partial charge in [0.05, 0.1) is 11.5 Å². The number of hydrogen-bond acceptors (Lipinski definition) is 8. The molecule has 0 saturated carbocycles. The first-order valence-corrected chi connectivity index (χ1v) is 7.79. The first-order chi connectivity index (χ1) is 10.3. The van der Waals surface area contributed by atoms with Crippen molar-refractivity contribution in [2.24, 2.45) is 0 Å². The van der Waals surface area contributed by atoms with E-state index in [1.165, 1.54) is 25.6 Å². The summed E-state index contributed by atoms with van der Waals surface area (Å²) < 4.78 is 21.9. The van der Waals surface area contributed by atoms with Gasteiger partial charge < -0.3 is 29.2 Å². The second-order valence-electron chi connectivity index (χ2n) is 5.69. The van der Waals surface area contributed by atoms with Gasteiger partial charge in [0.2, 0.25) is 5.79 Å². The number of aliphatic hydroxyl groups is 2. The quantitative estimate of drug-likeness (QED) is 0.755. The molecule has 1 aromatic heterocycles. The van der Waals surface area contributed by atoms with Crippen LogP contribution in [0.15, 0.2) is 6.20 Å². The summed E-state index contributed by atoms with van der Waals surface area (Å²) in [6.45, 7) is 5.00. The number of nitrogens with zero attached hydrogens (tertiary/aromatic N) is 1. The summed E-state index contributed by atoms with van der Waals surface area (Å²) >= 11 is 1.27. The number of aliphatic hydroxyl groups excluding tert-OH is 2. The number of rotatable bonds is 6. The summed E-state index contributed by atoms with van der Waals surface area (Å²) in [5, 5.41) is 20.5. The molecule has 0 amide bonds. The average molecular weight is 333 g/mol. The molecule has 126 valence electrons. The lowest BCUT2D eigenvalue weighted by atomic mass is 10.1. The SMILES string of the molecule is COC(C)(OC)c1ncc([C@@H](O)[C@@H]2OC(C)(C)O[C@@H]2CO)s1. The van der Waals surface area contributed by atoms with Crippen LogP contribution in [0.4, 0.5) is 0 Å². The summed E-state index contributed by atoms with van der Waals surface area (Å²) in [4.78, 5) is 4.86. The summed E-state index contributed by atoms with van der Waals surface area (Å²) in [6.07, 6.45) is -0.649. The van der Waals surface area contributed by atoms with Gasteiger partial charge in [-0.15, -0.1) is 11.3 Å². The Hall–Kier alpha value is -0.610. The molecule has 1 fully saturated rings. The molecule has 0 aliphatic carbocycles. The second kappa shape index (κ2) is 6.48. The van der Waals surface area contributed by atoms with Crippen molar-refractivity contribution in [2.75, 3.05) is 20.8 Å². The van der Waals surface area contributed by atoms with Crippen LogP contribution in [0.3, 0.4) is 0 Å². The van der Waals surface area contributed by atoms with Crippen LogP contribution >= 0.6 is 11.3 Å². The van der Waals surface area contributed by atoms with Gasteiger partial charge in [-0.05, 0) is 20.8 Å². The fraction of sp³-hybridized carbons (Fsp3) is 0.786. The minimum absolute atomic E-state index is 0.231. The smallest absolute Gasteiger partial charge is 0.218 e. The Labute approximate surface area is 133 Å². The zero-order valence-electron chi connectivity index (χ0n) is 13.4. The maximum Gasteiger partial charge on any atom is 0.218 e. The lowest BCUT2D eigenvalue weighted by Crippen LogP contribution is -2.31. The molecular formula is C14H23NO6S. The highest BCUT2D eigenvalue weighted by atomic mass is 32.1. The van der Waals surface area contributed by atoms with Gasteiger partial charge in [-0.1, -0.05) is 0 Å². The highest BCUT2D eigenvalue weighted by Gasteiger charge is 2.45. The molecule has 1 saturated heterocycles. The van der Waals surface area contributed by atoms with Gasteiger partial charge in [-0.3, -0.25) is 0 Å². The van der Waals surface area contributed by atoms with Gasteiger partial charge in [0, 0.05) is 20.4 Å². The van der Waals surface area contributed by atoms with Gasteiger partial charge in [0.15, 0.2) is 10.8 Å². The first-order valence-electron chi connectivity index (χ1n) is 6.97. The van der Waals surface area contributed by atoms with Crippen molar-refractivity contribution in [2.45, 2.75) is 50.7 Å². The molecule has 0 aromatic carbocycles. The fourth-order valence-corrected chi connectivity index (χ4v) is 3.37. The van der Waals surface area contributed by atoms with E-state index in [1.54, 1.807) is 27.0 Å². The highest BCUT2D eigenvalue weighted by molar-refractivity contribution is 7.11. The Balaban J connectivity index is 2.20. The van der Waals surface area contributed by atoms with Crippen molar-refractivity contribution >= 4 is 11.3 Å². The van der Waals surface area contributed by atoms with Crippen LogP contribution in [0.5, 0.6) is 0 Å². The van der Waals surface area contributed by atoms with Crippen molar-refractivity contribution in [3.8, 4) is 0 Å². The zero-order chi connectivity index (χ0) is 16.5. The maximum atomic E-state index is 10.6. The molecular weight excluding hydrogens is 310 g/mol. The third-order valence-electron chi connectivity index (χ3n) is 3.70. The fourth-order valence-electron chi connectivity index (χ4n) is 2.33. The number of methoxy groups -OCH3 is 2. The van der Waals surface area contributed by atoms with Crippen LogP contribution in [-0.4, -0.2) is 54.0 Å². The minimum atomic E-state index is -0.967. The zero-order valence-corrected chi connectivity index (χ0v) is 14.2. The molecule has 2 heterocycles. The molecule has 1 aromatic rings. The Morgan fingerprint density at radius 3 is 2.59 bits per heavy atom. The van der Waals surface area contributed by atoms with Gasteiger partial charge >= 0.3 is 0 Å². The summed E-state index contributed by atoms with van der Waals surface area (Å²) in [6, 6.07) is 0. The van der Waals surface area contributed by atoms with Crippen LogP contribution in [0.2, 0.25) is 0 Å². The molecule has 8 heteroatoms. The third kappa shape index (κ3) is 3.33. The predicted octanol–water partition coefficient (Wildman–Crippen LogP) is 1.15. The maximum absolute atomic E-state index is 10.6. The van der Waals surface area contributed by atoms with Crippen LogP contribution in [0.25, 0.3) is 0 Å². The summed E-state index contributed by atoms with van der Waals surface area (Å²) in [5.74, 6) is -1.81. The van der Waals surface area contributed by atoms with E-state index in [1.807, 2.05) is 0 Å². The lowest BCUT2D eigenvalue weighted by molar-refractivity contribution is -0.201. The number of hydrogen-bond donors (Lipinski definition) is 2. The van der Waals surface area contributed by atoms with E-state index in [9.17, 15) is 10.2 Å². The highest BCUT2D eigenvalue weighted by Crippen LogP contribution is 2.38. The van der Waals surface area contributed by atoms with Gasteiger partial charge in [-0.25, -0.2) is 4.98 Å². The Morgan fingerprint density at radius 2 is 2.05 bits per heavy atom. The third-order valence-corrected chi connectivity index (χ3v) is 4.95. The van der Waals surface area contributed by atoms with E-state index < -0.39 is 29.9 Å². The van der Waals surface area contributed by atoms with E-state index in [-0.39, 0.29) is 6.61 Å². The predicted molar refractivity (Wildman–Crippen MR) is 79.4 cm³/mol. The topological polar surface area (TPSA) is 90.3 Å². The number of thiazole rings is 1. The standard InChI is InChI=1S/C14H23NO6S/c1-13(2)20-8(7-16)11(21-13)10(17)9-6-15-12(22-9)14(3,18-4)19-5/h6,8,10-11,16-17H,7H2,1-5H3/t8-,10-,11-/m1/s1. The van der Waals surface area contributed by atoms with Crippen LogP contribution < -0.4 is 0 Å². The average Bonchev–Trinajstić information content (AvgIpc) is 3.10. The van der Waals surface area contributed by atoms with Gasteiger partial charge in [-0.2, -0.15) is 0 Å². The molecule has 2 N–H and O–H groups in total. The second-order valence-corrected chi connectivity index (χ2v) is 6.75. The van der Waals surface area contributed by atoms with E-state index >= 15 is 0 Å². The molecule has 7 nitrogen and oxygen atoms in total. The molecule has 2 rings (SSSR count). The van der Waals surface area contributed by atoms with E-state index in [0.717, 1.165) is 0 Å². The van der Waals surface area contributed by atoms with Crippen LogP contribution in [0, 0.1) is 0 Å². The molecule has 3 atom stereocenters. The molecule has 0 unspecified atom stereocenters. The molecule has 1 aliphatic rings. The lowest BCUT2D eigenvalue weighted by Gasteiger charge is -2.23. The summed E-state index contributed by atoms with van der Waals surface area (Å²) in [5.41, 5.74) is 0. The minimum Gasteiger partial charge on any atom is -0.394 e. The van der Waals surface area contributed by atoms with Crippen LogP contribution in [0.1, 0.15) is 36.8 Å². The number of ether oxygens (including phenoxy) is 4. The Morgan fingerprint density at radius 1 is 1.41 bits per heavy atom. The van der Waals surface area contributed by atoms with Crippen molar-refractivity contribution in [3.05, 3.63) is 16.1 Å². The monoisotopic (exact) mass is 333 g/mol. The first kappa shape index (κ1) is 17.7. The van der Waals surface area contributed by atoms with Gasteiger partial charge in [0.25, 0.3) is 0 Å².